The van der Waals surface area contributed by atoms with Gasteiger partial charge in [-0.05, 0) is 78.1 Å². The summed E-state index contributed by atoms with van der Waals surface area (Å²) in [6, 6.07) is 19.4. The van der Waals surface area contributed by atoms with Crippen molar-refractivity contribution in [2.24, 2.45) is 0 Å². The van der Waals surface area contributed by atoms with Crippen LogP contribution in [0.5, 0.6) is 11.5 Å². The lowest BCUT2D eigenvalue weighted by Gasteiger charge is -2.13. The Labute approximate surface area is 196 Å². The van der Waals surface area contributed by atoms with Crippen LogP contribution in [0.1, 0.15) is 31.4 Å². The third-order valence-corrected chi connectivity index (χ3v) is 5.27. The third kappa shape index (κ3) is 6.63. The molecule has 0 saturated carbocycles. The van der Waals surface area contributed by atoms with Crippen molar-refractivity contribution in [1.29, 1.82) is 0 Å². The molecule has 0 saturated heterocycles. The third-order valence-electron chi connectivity index (χ3n) is 5.27. The summed E-state index contributed by atoms with van der Waals surface area (Å²) >= 11 is 0. The van der Waals surface area contributed by atoms with E-state index in [0.29, 0.717) is 30.1 Å². The lowest BCUT2D eigenvalue weighted by atomic mass is 10.00. The molecule has 3 aromatic carbocycles. The smallest absolute Gasteiger partial charge is 0.416 e. The molecule has 7 heteroatoms. The molecular weight excluding hydrogens is 445 g/mol. The van der Waals surface area contributed by atoms with Crippen LogP contribution in [0, 0.1) is 0 Å². The number of benzene rings is 3. The van der Waals surface area contributed by atoms with Crippen LogP contribution in [0.3, 0.4) is 0 Å². The lowest BCUT2D eigenvalue weighted by Crippen LogP contribution is -2.25. The molecule has 1 unspecified atom stereocenters. The van der Waals surface area contributed by atoms with Crippen LogP contribution in [0.15, 0.2) is 78.9 Å². The number of aliphatic carboxylic acids is 1. The Bertz CT molecular complexity index is 1120. The van der Waals surface area contributed by atoms with Gasteiger partial charge in [0.1, 0.15) is 18.1 Å². The number of hydrogen-bond acceptors (Lipinski definition) is 3. The van der Waals surface area contributed by atoms with Crippen LogP contribution in [0.4, 0.5) is 13.2 Å². The van der Waals surface area contributed by atoms with E-state index in [-0.39, 0.29) is 0 Å². The van der Waals surface area contributed by atoms with Gasteiger partial charge in [0.2, 0.25) is 0 Å². The Morgan fingerprint density at radius 1 is 0.912 bits per heavy atom. The van der Waals surface area contributed by atoms with Crippen LogP contribution in [-0.2, 0) is 11.0 Å². The maximum absolute atomic E-state index is 12.7. The van der Waals surface area contributed by atoms with Crippen LogP contribution >= 0.6 is 0 Å². The molecule has 0 bridgehead atoms. The molecule has 34 heavy (non-hydrogen) atoms. The SMILES string of the molecule is CCC(Oc1ccc(OC/C=C(\C)c2ccc(-c3ccc(C(F)(F)F)cc3)cc2)cc1)C(=O)O. The average molecular weight is 470 g/mol. The number of rotatable bonds is 9. The van der Waals surface area contributed by atoms with Crippen LogP contribution in [0.25, 0.3) is 16.7 Å². The monoisotopic (exact) mass is 470 g/mol. The first-order valence-corrected chi connectivity index (χ1v) is 10.7. The molecule has 0 radical (unpaired) electrons. The molecule has 0 aromatic heterocycles. The second-order valence-corrected chi connectivity index (χ2v) is 7.67. The fourth-order valence-corrected chi connectivity index (χ4v) is 3.25. The van der Waals surface area contributed by atoms with Crippen molar-refractivity contribution in [3.05, 3.63) is 90.0 Å². The number of allylic oxidation sites excluding steroid dienone is 1. The zero-order valence-electron chi connectivity index (χ0n) is 18.8. The highest BCUT2D eigenvalue weighted by molar-refractivity contribution is 5.72. The normalized spacial score (nSPS) is 12.8. The topological polar surface area (TPSA) is 55.8 Å². The van der Waals surface area contributed by atoms with Crippen molar-refractivity contribution in [3.63, 3.8) is 0 Å². The summed E-state index contributed by atoms with van der Waals surface area (Å²) in [5, 5.41) is 9.07. The summed E-state index contributed by atoms with van der Waals surface area (Å²) in [5.74, 6) is 0.0784. The predicted molar refractivity (Wildman–Crippen MR) is 125 cm³/mol. The van der Waals surface area contributed by atoms with Crippen molar-refractivity contribution in [3.8, 4) is 22.6 Å². The summed E-state index contributed by atoms with van der Waals surface area (Å²) < 4.78 is 49.4. The minimum absolute atomic E-state index is 0.333. The molecule has 1 N–H and O–H groups in total. The molecule has 3 aromatic rings. The fraction of sp³-hybridized carbons (Fsp3) is 0.222. The summed E-state index contributed by atoms with van der Waals surface area (Å²) in [6.45, 7) is 4.02. The zero-order chi connectivity index (χ0) is 24.7. The van der Waals surface area contributed by atoms with Crippen molar-refractivity contribution in [1.82, 2.24) is 0 Å². The molecule has 0 aliphatic carbocycles. The largest absolute Gasteiger partial charge is 0.490 e. The van der Waals surface area contributed by atoms with Crippen molar-refractivity contribution < 1.29 is 32.5 Å². The van der Waals surface area contributed by atoms with Gasteiger partial charge in [0, 0.05) is 0 Å². The molecule has 4 nitrogen and oxygen atoms in total. The molecule has 0 fully saturated rings. The molecule has 3 rings (SSSR count). The Morgan fingerprint density at radius 3 is 1.94 bits per heavy atom. The van der Waals surface area contributed by atoms with E-state index in [2.05, 4.69) is 0 Å². The van der Waals surface area contributed by atoms with Gasteiger partial charge in [0.05, 0.1) is 5.56 Å². The van der Waals surface area contributed by atoms with E-state index < -0.39 is 23.8 Å². The van der Waals surface area contributed by atoms with Crippen molar-refractivity contribution >= 4 is 11.5 Å². The minimum atomic E-state index is -4.35. The molecular formula is C27H25F3O4. The van der Waals surface area contributed by atoms with Crippen LogP contribution in [0.2, 0.25) is 0 Å². The Hall–Kier alpha value is -3.74. The summed E-state index contributed by atoms with van der Waals surface area (Å²) in [4.78, 5) is 11.1. The van der Waals surface area contributed by atoms with Gasteiger partial charge < -0.3 is 14.6 Å². The molecule has 0 heterocycles. The molecule has 0 aliphatic heterocycles. The number of carboxylic acids is 1. The highest BCUT2D eigenvalue weighted by atomic mass is 19.4. The Morgan fingerprint density at radius 2 is 1.44 bits per heavy atom. The van der Waals surface area contributed by atoms with Gasteiger partial charge in [-0.3, -0.25) is 0 Å². The van der Waals surface area contributed by atoms with Gasteiger partial charge in [-0.25, -0.2) is 4.79 Å². The first kappa shape index (κ1) is 24.9. The maximum atomic E-state index is 12.7. The molecule has 0 aliphatic rings. The molecule has 0 amide bonds. The minimum Gasteiger partial charge on any atom is -0.490 e. The number of carbonyl (C=O) groups is 1. The van der Waals surface area contributed by atoms with Gasteiger partial charge in [0.25, 0.3) is 0 Å². The Kier molecular flexibility index (Phi) is 7.99. The van der Waals surface area contributed by atoms with Gasteiger partial charge >= 0.3 is 12.1 Å². The quantitative estimate of drug-likeness (QED) is 0.363. The van der Waals surface area contributed by atoms with E-state index in [1.54, 1.807) is 31.2 Å². The second-order valence-electron chi connectivity index (χ2n) is 7.67. The van der Waals surface area contributed by atoms with E-state index in [9.17, 15) is 18.0 Å². The van der Waals surface area contributed by atoms with Gasteiger partial charge in [-0.2, -0.15) is 13.2 Å². The second kappa shape index (κ2) is 10.9. The first-order valence-electron chi connectivity index (χ1n) is 10.7. The Balaban J connectivity index is 1.57. The number of carboxylic acid groups (broad SMARTS) is 1. The van der Waals surface area contributed by atoms with Gasteiger partial charge in [-0.15, -0.1) is 0 Å². The fourth-order valence-electron chi connectivity index (χ4n) is 3.25. The van der Waals surface area contributed by atoms with Crippen molar-refractivity contribution in [2.75, 3.05) is 6.61 Å². The predicted octanol–water partition coefficient (Wildman–Crippen LogP) is 7.10. The summed E-state index contributed by atoms with van der Waals surface area (Å²) in [6.07, 6.45) is -2.94. The summed E-state index contributed by atoms with van der Waals surface area (Å²) in [7, 11) is 0. The van der Waals surface area contributed by atoms with Crippen molar-refractivity contribution in [2.45, 2.75) is 32.5 Å². The first-order chi connectivity index (χ1) is 16.2. The van der Waals surface area contributed by atoms with E-state index in [0.717, 1.165) is 28.8 Å². The highest BCUT2D eigenvalue weighted by Gasteiger charge is 2.29. The standard InChI is InChI=1S/C27H25F3O4/c1-3-25(26(31)32)34-24-14-12-23(13-15-24)33-17-16-18(2)19-4-6-20(7-5-19)21-8-10-22(11-9-21)27(28,29)30/h4-16,25H,3,17H2,1-2H3,(H,31,32)/b18-16+. The number of halogens is 3. The number of hydrogen-bond donors (Lipinski definition) is 1. The molecule has 0 spiro atoms. The van der Waals surface area contributed by atoms with E-state index in [1.165, 1.54) is 12.1 Å². The van der Waals surface area contributed by atoms with E-state index in [1.807, 2.05) is 37.3 Å². The van der Waals surface area contributed by atoms with E-state index >= 15 is 0 Å². The summed E-state index contributed by atoms with van der Waals surface area (Å²) in [5.41, 5.74) is 2.84. The molecule has 1 atom stereocenters. The van der Waals surface area contributed by atoms with Gasteiger partial charge in [-0.1, -0.05) is 43.3 Å². The zero-order valence-corrected chi connectivity index (χ0v) is 18.8. The van der Waals surface area contributed by atoms with Crippen LogP contribution < -0.4 is 9.47 Å². The highest BCUT2D eigenvalue weighted by Crippen LogP contribution is 2.31. The van der Waals surface area contributed by atoms with E-state index in [4.69, 9.17) is 14.6 Å². The number of alkyl halides is 3. The average Bonchev–Trinajstić information content (AvgIpc) is 2.83. The lowest BCUT2D eigenvalue weighted by molar-refractivity contribution is -0.145. The van der Waals surface area contributed by atoms with Crippen LogP contribution in [-0.4, -0.2) is 23.8 Å². The molecule has 178 valence electrons. The maximum Gasteiger partial charge on any atom is 0.416 e. The number of ether oxygens (including phenoxy) is 2. The van der Waals surface area contributed by atoms with Gasteiger partial charge in [0.15, 0.2) is 6.10 Å².